The number of halogens is 1. The summed E-state index contributed by atoms with van der Waals surface area (Å²) < 4.78 is 26.8. The zero-order valence-electron chi connectivity index (χ0n) is 15.5. The molecule has 1 aliphatic heterocycles. The Morgan fingerprint density at radius 2 is 1.61 bits per heavy atom. The minimum atomic E-state index is -3.55. The number of benzene rings is 2. The Hall–Kier alpha value is -1.54. The van der Waals surface area contributed by atoms with Crippen LogP contribution in [0.4, 0.5) is 0 Å². The topological polar surface area (TPSA) is 57.7 Å². The summed E-state index contributed by atoms with van der Waals surface area (Å²) in [6.07, 6.45) is 1.30. The third-order valence-corrected chi connectivity index (χ3v) is 7.85. The Bertz CT molecular complexity index is 881. The van der Waals surface area contributed by atoms with Gasteiger partial charge in [-0.1, -0.05) is 29.8 Å². The van der Waals surface area contributed by atoms with E-state index in [0.717, 1.165) is 12.2 Å². The molecule has 0 unspecified atom stereocenters. The molecule has 0 N–H and O–H groups in total. The lowest BCUT2D eigenvalue weighted by molar-refractivity contribution is -0.132. The Morgan fingerprint density at radius 3 is 2.25 bits per heavy atom. The van der Waals surface area contributed by atoms with Crippen molar-refractivity contribution in [2.45, 2.75) is 22.6 Å². The maximum absolute atomic E-state index is 12.7. The maximum Gasteiger partial charge on any atom is 0.243 e. The van der Waals surface area contributed by atoms with Crippen LogP contribution in [0, 0.1) is 0 Å². The van der Waals surface area contributed by atoms with Gasteiger partial charge in [0.2, 0.25) is 15.9 Å². The lowest BCUT2D eigenvalue weighted by Crippen LogP contribution is -2.50. The Labute approximate surface area is 175 Å². The molecule has 28 heavy (non-hydrogen) atoms. The van der Waals surface area contributed by atoms with Gasteiger partial charge in [0.1, 0.15) is 0 Å². The van der Waals surface area contributed by atoms with E-state index in [9.17, 15) is 13.2 Å². The van der Waals surface area contributed by atoms with Crippen molar-refractivity contribution in [3.8, 4) is 0 Å². The van der Waals surface area contributed by atoms with E-state index in [1.54, 1.807) is 28.8 Å². The minimum absolute atomic E-state index is 0.0946. The number of nitrogens with zero attached hydrogens (tertiary/aromatic N) is 2. The highest BCUT2D eigenvalue weighted by Gasteiger charge is 2.29. The Balaban J connectivity index is 1.44. The van der Waals surface area contributed by atoms with Gasteiger partial charge in [-0.2, -0.15) is 4.31 Å². The fourth-order valence-corrected chi connectivity index (χ4v) is 5.44. The van der Waals surface area contributed by atoms with Crippen molar-refractivity contribution in [1.82, 2.24) is 9.21 Å². The van der Waals surface area contributed by atoms with E-state index in [4.69, 9.17) is 11.6 Å². The van der Waals surface area contributed by atoms with E-state index in [1.165, 1.54) is 21.3 Å². The van der Waals surface area contributed by atoms with Gasteiger partial charge in [0, 0.05) is 42.5 Å². The van der Waals surface area contributed by atoms with Gasteiger partial charge in [-0.15, -0.1) is 11.8 Å². The lowest BCUT2D eigenvalue weighted by atomic mass is 10.2. The third-order valence-electron chi connectivity index (χ3n) is 4.59. The van der Waals surface area contributed by atoms with Crippen molar-refractivity contribution in [1.29, 1.82) is 0 Å². The summed E-state index contributed by atoms with van der Waals surface area (Å²) in [7, 11) is -3.55. The molecule has 0 aliphatic carbocycles. The average Bonchev–Trinajstić information content (AvgIpc) is 2.72. The van der Waals surface area contributed by atoms with Gasteiger partial charge in [0.15, 0.2) is 0 Å². The number of carbonyl (C=O) groups is 1. The van der Waals surface area contributed by atoms with Crippen LogP contribution in [0.3, 0.4) is 0 Å². The van der Waals surface area contributed by atoms with Crippen molar-refractivity contribution < 1.29 is 13.2 Å². The summed E-state index contributed by atoms with van der Waals surface area (Å²) in [6.45, 7) is 1.49. The van der Waals surface area contributed by atoms with Crippen LogP contribution >= 0.6 is 23.4 Å². The fourth-order valence-electron chi connectivity index (χ4n) is 3.02. The van der Waals surface area contributed by atoms with E-state index in [0.29, 0.717) is 37.6 Å². The van der Waals surface area contributed by atoms with Gasteiger partial charge >= 0.3 is 0 Å². The van der Waals surface area contributed by atoms with Crippen molar-refractivity contribution in [3.05, 3.63) is 59.6 Å². The summed E-state index contributed by atoms with van der Waals surface area (Å²) in [5.41, 5.74) is 0. The van der Waals surface area contributed by atoms with Crippen LogP contribution in [0.5, 0.6) is 0 Å². The molecule has 0 aromatic heterocycles. The van der Waals surface area contributed by atoms with Gasteiger partial charge in [-0.25, -0.2) is 8.42 Å². The molecule has 1 saturated heterocycles. The first kappa shape index (κ1) is 21.2. The second-order valence-electron chi connectivity index (χ2n) is 6.50. The number of amides is 1. The van der Waals surface area contributed by atoms with Crippen LogP contribution < -0.4 is 0 Å². The molecule has 0 atom stereocenters. The zero-order valence-corrected chi connectivity index (χ0v) is 17.8. The molecule has 5 nitrogen and oxygen atoms in total. The van der Waals surface area contributed by atoms with E-state index < -0.39 is 10.0 Å². The van der Waals surface area contributed by atoms with E-state index >= 15 is 0 Å². The van der Waals surface area contributed by atoms with E-state index in [-0.39, 0.29) is 10.8 Å². The number of hydrogen-bond acceptors (Lipinski definition) is 4. The first-order valence-corrected chi connectivity index (χ1v) is 12.0. The standard InChI is InChI=1S/C20H23ClN2O3S2/c21-17-8-10-19(11-9-17)28(25,26)23-14-12-22(13-15-23)20(24)7-4-16-27-18-5-2-1-3-6-18/h1-3,5-6,8-11H,4,7,12-16H2. The lowest BCUT2D eigenvalue weighted by Gasteiger charge is -2.34. The normalized spacial score (nSPS) is 15.5. The predicted molar refractivity (Wildman–Crippen MR) is 113 cm³/mol. The van der Waals surface area contributed by atoms with E-state index in [1.807, 2.05) is 18.2 Å². The second kappa shape index (κ2) is 9.78. The Morgan fingerprint density at radius 1 is 0.964 bits per heavy atom. The summed E-state index contributed by atoms with van der Waals surface area (Å²) in [5, 5.41) is 0.500. The molecule has 0 saturated carbocycles. The molecule has 2 aromatic carbocycles. The average molecular weight is 439 g/mol. The molecule has 0 radical (unpaired) electrons. The van der Waals surface area contributed by atoms with Gasteiger partial charge in [0.25, 0.3) is 0 Å². The van der Waals surface area contributed by atoms with E-state index in [2.05, 4.69) is 12.1 Å². The minimum Gasteiger partial charge on any atom is -0.340 e. The molecule has 1 fully saturated rings. The van der Waals surface area contributed by atoms with Gasteiger partial charge < -0.3 is 4.90 Å². The van der Waals surface area contributed by atoms with Gasteiger partial charge in [-0.3, -0.25) is 4.79 Å². The molecule has 1 amide bonds. The summed E-state index contributed by atoms with van der Waals surface area (Å²) >= 11 is 7.58. The molecular weight excluding hydrogens is 416 g/mol. The van der Waals surface area contributed by atoms with Crippen molar-refractivity contribution >= 4 is 39.3 Å². The monoisotopic (exact) mass is 438 g/mol. The highest BCUT2D eigenvalue weighted by Crippen LogP contribution is 2.21. The predicted octanol–water partition coefficient (Wildman–Crippen LogP) is 3.75. The van der Waals surface area contributed by atoms with Crippen LogP contribution in [-0.4, -0.2) is 55.5 Å². The molecule has 0 bridgehead atoms. The first-order valence-electron chi connectivity index (χ1n) is 9.18. The summed E-state index contributed by atoms with van der Waals surface area (Å²) in [5.74, 6) is 0.984. The number of carbonyl (C=O) groups excluding carboxylic acids is 1. The second-order valence-corrected chi connectivity index (χ2v) is 10.0. The van der Waals surface area contributed by atoms with Crippen LogP contribution in [0.1, 0.15) is 12.8 Å². The summed E-state index contributed by atoms with van der Waals surface area (Å²) in [6, 6.07) is 16.3. The van der Waals surface area contributed by atoms with Crippen LogP contribution in [-0.2, 0) is 14.8 Å². The van der Waals surface area contributed by atoms with Gasteiger partial charge in [-0.05, 0) is 48.6 Å². The maximum atomic E-state index is 12.7. The third kappa shape index (κ3) is 5.50. The molecule has 0 spiro atoms. The van der Waals surface area contributed by atoms with Gasteiger partial charge in [0.05, 0.1) is 4.90 Å². The highest BCUT2D eigenvalue weighted by atomic mass is 35.5. The highest BCUT2D eigenvalue weighted by molar-refractivity contribution is 7.99. The molecule has 1 aliphatic rings. The molecule has 3 rings (SSSR count). The van der Waals surface area contributed by atoms with Crippen molar-refractivity contribution in [2.24, 2.45) is 0 Å². The number of rotatable bonds is 7. The molecule has 1 heterocycles. The first-order chi connectivity index (χ1) is 13.5. The molecular formula is C20H23ClN2O3S2. The Kier molecular flexibility index (Phi) is 7.40. The number of hydrogen-bond donors (Lipinski definition) is 0. The van der Waals surface area contributed by atoms with Crippen LogP contribution in [0.25, 0.3) is 0 Å². The fraction of sp³-hybridized carbons (Fsp3) is 0.350. The molecule has 150 valence electrons. The summed E-state index contributed by atoms with van der Waals surface area (Å²) in [4.78, 5) is 15.6. The smallest absolute Gasteiger partial charge is 0.243 e. The number of piperazine rings is 1. The quantitative estimate of drug-likeness (QED) is 0.488. The number of sulfonamides is 1. The molecule has 8 heteroatoms. The van der Waals surface area contributed by atoms with Crippen molar-refractivity contribution in [2.75, 3.05) is 31.9 Å². The van der Waals surface area contributed by atoms with Crippen molar-refractivity contribution in [3.63, 3.8) is 0 Å². The number of thioether (sulfide) groups is 1. The van der Waals surface area contributed by atoms with Crippen LogP contribution in [0.15, 0.2) is 64.4 Å². The largest absolute Gasteiger partial charge is 0.340 e. The van der Waals surface area contributed by atoms with Crippen LogP contribution in [0.2, 0.25) is 5.02 Å². The zero-order chi connectivity index (χ0) is 20.0. The SMILES string of the molecule is O=C(CCCSc1ccccc1)N1CCN(S(=O)(=O)c2ccc(Cl)cc2)CC1. The molecule has 2 aromatic rings.